The normalized spacial score (nSPS) is 19.7. The lowest BCUT2D eigenvalue weighted by atomic mass is 10.00. The molecular weight excluding hydrogens is 964 g/mol. The Morgan fingerprint density at radius 2 is 1.14 bits per heavy atom. The third kappa shape index (κ3) is 16.4. The second kappa shape index (κ2) is 26.8. The zero-order valence-electron chi connectivity index (χ0n) is 38.3. The summed E-state index contributed by atoms with van der Waals surface area (Å²) in [6.45, 7) is 8.83. The zero-order chi connectivity index (χ0) is 46.6. The fourth-order valence-corrected chi connectivity index (χ4v) is 9.69. The van der Waals surface area contributed by atoms with Crippen LogP contribution in [-0.2, 0) is 67.6 Å². The quantitative estimate of drug-likeness (QED) is 0.0644. The molecular formula is C54H65IN2O8S. The molecule has 1 N–H and O–H groups in total. The molecule has 0 radical (unpaired) electrons. The van der Waals surface area contributed by atoms with Gasteiger partial charge in [0.25, 0.3) is 0 Å². The predicted molar refractivity (Wildman–Crippen MR) is 269 cm³/mol. The van der Waals surface area contributed by atoms with Crippen LogP contribution in [-0.4, -0.2) is 77.1 Å². The molecule has 0 spiro atoms. The van der Waals surface area contributed by atoms with E-state index in [0.29, 0.717) is 39.3 Å². The summed E-state index contributed by atoms with van der Waals surface area (Å²) in [5, 5.41) is 10.5. The number of ether oxygens (including phenoxy) is 5. The molecule has 0 bridgehead atoms. The number of hydrogen-bond acceptors (Lipinski definition) is 8. The topological polar surface area (TPSA) is 107 Å². The van der Waals surface area contributed by atoms with Crippen molar-refractivity contribution in [2.45, 2.75) is 119 Å². The van der Waals surface area contributed by atoms with Crippen molar-refractivity contribution in [2.75, 3.05) is 13.2 Å². The van der Waals surface area contributed by atoms with Crippen LogP contribution in [0.15, 0.2) is 164 Å². The Balaban J connectivity index is 0.000000222. The zero-order valence-corrected chi connectivity index (χ0v) is 41.3. The van der Waals surface area contributed by atoms with Crippen LogP contribution in [0.4, 0.5) is 4.79 Å². The summed E-state index contributed by atoms with van der Waals surface area (Å²) >= 11 is 2.21. The molecule has 7 rings (SSSR count). The minimum atomic E-state index is -1.21. The number of halogens is 1. The minimum absolute atomic E-state index is 0.0114. The third-order valence-corrected chi connectivity index (χ3v) is 14.4. The average molecular weight is 1030 g/mol. The van der Waals surface area contributed by atoms with E-state index in [-0.39, 0.29) is 40.1 Å². The summed E-state index contributed by atoms with van der Waals surface area (Å²) in [4.78, 5) is 15.2. The number of rotatable bonds is 19. The molecule has 5 aromatic carbocycles. The lowest BCUT2D eigenvalue weighted by Gasteiger charge is -2.40. The Morgan fingerprint density at radius 3 is 1.61 bits per heavy atom. The molecule has 12 heteroatoms. The number of carbonyl (C=O) groups excluding carboxylic acids is 1. The van der Waals surface area contributed by atoms with Gasteiger partial charge in [0.15, 0.2) is 6.29 Å². The van der Waals surface area contributed by atoms with Gasteiger partial charge in [0, 0.05) is 13.1 Å². The summed E-state index contributed by atoms with van der Waals surface area (Å²) in [6, 6.07) is 49.2. The SMILES string of the molecule is CC(C)(C)[S@@](=O)N(Cc1ccccc1)[C@H](COCc1ccccc1)[C@@H]1CCC=CO1.O=C(OCc1ccccc1)N(Cc1ccccc1)[C@H](COCc1ccccc1)[C@@H]1CCC(I)C(O)O1. The van der Waals surface area contributed by atoms with Crippen LogP contribution in [0, 0.1) is 0 Å². The summed E-state index contributed by atoms with van der Waals surface area (Å²) in [7, 11) is -1.21. The number of nitrogens with zero attached hydrogens (tertiary/aromatic N) is 2. The molecule has 10 nitrogen and oxygen atoms in total. The number of hydrogen-bond donors (Lipinski definition) is 1. The maximum atomic E-state index is 13.6. The number of amides is 1. The van der Waals surface area contributed by atoms with E-state index in [9.17, 15) is 14.1 Å². The molecule has 352 valence electrons. The second-order valence-corrected chi connectivity index (χ2v) is 21.3. The van der Waals surface area contributed by atoms with E-state index in [1.807, 2.05) is 154 Å². The van der Waals surface area contributed by atoms with Gasteiger partial charge in [-0.3, -0.25) is 4.90 Å². The first-order chi connectivity index (χ1) is 32.0. The fourth-order valence-electron chi connectivity index (χ4n) is 7.75. The highest BCUT2D eigenvalue weighted by molar-refractivity contribution is 14.1. The number of carbonyl (C=O) groups is 1. The molecule has 5 aromatic rings. The lowest BCUT2D eigenvalue weighted by Crippen LogP contribution is -2.53. The molecule has 0 aromatic heterocycles. The summed E-state index contributed by atoms with van der Waals surface area (Å²) in [6.07, 6.45) is 5.41. The molecule has 2 aliphatic rings. The Morgan fingerprint density at radius 1 is 0.667 bits per heavy atom. The van der Waals surface area contributed by atoms with Crippen molar-refractivity contribution in [3.63, 3.8) is 0 Å². The predicted octanol–water partition coefficient (Wildman–Crippen LogP) is 10.9. The highest BCUT2D eigenvalue weighted by Gasteiger charge is 2.39. The van der Waals surface area contributed by atoms with Gasteiger partial charge < -0.3 is 28.8 Å². The number of allylic oxidation sites excluding steroid dienone is 1. The van der Waals surface area contributed by atoms with Gasteiger partial charge in [0.05, 0.1) is 59.5 Å². The van der Waals surface area contributed by atoms with Gasteiger partial charge in [-0.25, -0.2) is 13.3 Å². The van der Waals surface area contributed by atoms with Crippen LogP contribution in [0.5, 0.6) is 0 Å². The van der Waals surface area contributed by atoms with Crippen molar-refractivity contribution in [1.29, 1.82) is 0 Å². The average Bonchev–Trinajstić information content (AvgIpc) is 3.35. The molecule has 0 aliphatic carbocycles. The summed E-state index contributed by atoms with van der Waals surface area (Å²) < 4.78 is 45.3. The highest BCUT2D eigenvalue weighted by atomic mass is 127. The molecule has 7 atom stereocenters. The van der Waals surface area contributed by atoms with Crippen LogP contribution in [0.3, 0.4) is 0 Å². The standard InChI is InChI=1S/C29H32INO5.C25H33NO3S/c30-25-16-17-27(36-28(25)32)26(21-34-19-23-12-6-2-7-13-23)31(18-22-10-4-1-5-11-22)29(33)35-20-24-14-8-3-9-15-24;1-25(2,3)30(27)26(18-21-12-6-4-7-13-21)23(24-16-10-11-17-29-24)20-28-19-22-14-8-5-9-15-22/h1-15,25-28,32H,16-21H2;4-9,11-15,17,23-24H,10,16,18-20H2,1-3H3/t25?,26-,27+,28?;23-,24+,30-/m11/s1. The first kappa shape index (κ1) is 51.0. The van der Waals surface area contributed by atoms with Crippen LogP contribution in [0.2, 0.25) is 0 Å². The Labute approximate surface area is 408 Å². The maximum Gasteiger partial charge on any atom is 0.410 e. The second-order valence-electron chi connectivity index (χ2n) is 17.5. The van der Waals surface area contributed by atoms with E-state index in [1.165, 1.54) is 0 Å². The molecule has 1 fully saturated rings. The van der Waals surface area contributed by atoms with Gasteiger partial charge >= 0.3 is 6.09 Å². The molecule has 2 aliphatic heterocycles. The monoisotopic (exact) mass is 1030 g/mol. The van der Waals surface area contributed by atoms with Crippen molar-refractivity contribution in [2.24, 2.45) is 0 Å². The van der Waals surface area contributed by atoms with Gasteiger partial charge in [0.2, 0.25) is 0 Å². The Bertz CT molecular complexity index is 2180. The first-order valence-corrected chi connectivity index (χ1v) is 25.2. The smallest absolute Gasteiger partial charge is 0.410 e. The van der Waals surface area contributed by atoms with Crippen LogP contribution in [0.1, 0.15) is 74.3 Å². The number of benzene rings is 5. The van der Waals surface area contributed by atoms with Gasteiger partial charge in [0.1, 0.15) is 23.7 Å². The molecule has 2 unspecified atom stereocenters. The van der Waals surface area contributed by atoms with E-state index in [1.54, 1.807) is 11.2 Å². The van der Waals surface area contributed by atoms with Gasteiger partial charge in [-0.05, 0) is 80.3 Å². The van der Waals surface area contributed by atoms with E-state index in [0.717, 1.165) is 47.1 Å². The summed E-state index contributed by atoms with van der Waals surface area (Å²) in [5.74, 6) is 0. The highest BCUT2D eigenvalue weighted by Crippen LogP contribution is 2.30. The van der Waals surface area contributed by atoms with E-state index < -0.39 is 29.4 Å². The number of aliphatic hydroxyl groups is 1. The molecule has 66 heavy (non-hydrogen) atoms. The van der Waals surface area contributed by atoms with Crippen LogP contribution < -0.4 is 0 Å². The molecule has 2 heterocycles. The number of alkyl halides is 1. The fraction of sp³-hybridized carbons (Fsp3) is 0.389. The van der Waals surface area contributed by atoms with Crippen LogP contribution in [0.25, 0.3) is 0 Å². The van der Waals surface area contributed by atoms with Crippen molar-refractivity contribution >= 4 is 39.7 Å². The number of aliphatic hydroxyl groups excluding tert-OH is 1. The molecule has 1 amide bonds. The Hall–Kier alpha value is -4.41. The molecule has 0 saturated carbocycles. The van der Waals surface area contributed by atoms with Gasteiger partial charge in [-0.2, -0.15) is 0 Å². The van der Waals surface area contributed by atoms with Crippen molar-refractivity contribution < 1.29 is 37.8 Å². The lowest BCUT2D eigenvalue weighted by molar-refractivity contribution is -0.179. The van der Waals surface area contributed by atoms with Crippen molar-refractivity contribution in [3.05, 3.63) is 192 Å². The van der Waals surface area contributed by atoms with E-state index in [4.69, 9.17) is 23.7 Å². The van der Waals surface area contributed by atoms with Crippen molar-refractivity contribution in [1.82, 2.24) is 9.21 Å². The van der Waals surface area contributed by atoms with Crippen LogP contribution >= 0.6 is 22.6 Å². The van der Waals surface area contributed by atoms with E-state index in [2.05, 4.69) is 51.2 Å². The van der Waals surface area contributed by atoms with E-state index >= 15 is 0 Å². The minimum Gasteiger partial charge on any atom is -0.497 e. The van der Waals surface area contributed by atoms with Gasteiger partial charge in [-0.15, -0.1) is 0 Å². The maximum absolute atomic E-state index is 13.6. The largest absolute Gasteiger partial charge is 0.497 e. The van der Waals surface area contributed by atoms with Gasteiger partial charge in [-0.1, -0.05) is 174 Å². The van der Waals surface area contributed by atoms with Crippen molar-refractivity contribution in [3.8, 4) is 0 Å². The molecule has 1 saturated heterocycles. The first-order valence-electron chi connectivity index (χ1n) is 22.8. The Kier molecular flexibility index (Phi) is 20.7. The summed E-state index contributed by atoms with van der Waals surface area (Å²) in [5.41, 5.74) is 5.21. The third-order valence-electron chi connectivity index (χ3n) is 11.3.